The van der Waals surface area contributed by atoms with Gasteiger partial charge in [-0.2, -0.15) is 11.8 Å². The summed E-state index contributed by atoms with van der Waals surface area (Å²) in [5, 5.41) is 4.41. The molecule has 1 saturated heterocycles. The zero-order valence-electron chi connectivity index (χ0n) is 8.92. The van der Waals surface area contributed by atoms with Crippen molar-refractivity contribution in [2.75, 3.05) is 16.8 Å². The lowest BCUT2D eigenvalue weighted by Crippen LogP contribution is -2.26. The molecule has 0 radical (unpaired) electrons. The summed E-state index contributed by atoms with van der Waals surface area (Å²) in [6, 6.07) is 6.67. The minimum atomic E-state index is 0.628. The van der Waals surface area contributed by atoms with Crippen molar-refractivity contribution in [1.82, 2.24) is 0 Å². The molecule has 2 rings (SSSR count). The summed E-state index contributed by atoms with van der Waals surface area (Å²) in [4.78, 5) is 0. The average Bonchev–Trinajstić information content (AvgIpc) is 2.24. The van der Waals surface area contributed by atoms with E-state index in [1.165, 1.54) is 35.6 Å². The van der Waals surface area contributed by atoms with Gasteiger partial charge in [-0.15, -0.1) is 0 Å². The van der Waals surface area contributed by atoms with Gasteiger partial charge in [0.15, 0.2) is 0 Å². The van der Waals surface area contributed by atoms with Crippen LogP contribution in [0.2, 0.25) is 5.02 Å². The normalized spacial score (nSPS) is 21.3. The molecule has 3 heteroatoms. The molecule has 0 aliphatic carbocycles. The number of hydrogen-bond donors (Lipinski definition) is 1. The van der Waals surface area contributed by atoms with E-state index in [-0.39, 0.29) is 0 Å². The second-order valence-electron chi connectivity index (χ2n) is 4.02. The summed E-state index contributed by atoms with van der Waals surface area (Å²) in [5.74, 6) is 2.54. The van der Waals surface area contributed by atoms with Crippen LogP contribution in [0.15, 0.2) is 18.2 Å². The molecule has 0 spiro atoms. The van der Waals surface area contributed by atoms with Crippen molar-refractivity contribution in [3.8, 4) is 0 Å². The van der Waals surface area contributed by atoms with Gasteiger partial charge in [0.1, 0.15) is 0 Å². The van der Waals surface area contributed by atoms with E-state index in [1.807, 2.05) is 23.9 Å². The van der Waals surface area contributed by atoms with Gasteiger partial charge in [0.25, 0.3) is 0 Å². The Hall–Kier alpha value is -0.340. The largest absolute Gasteiger partial charge is 0.381 e. The lowest BCUT2D eigenvalue weighted by atomic mass is 10.1. The highest BCUT2D eigenvalue weighted by atomic mass is 35.5. The minimum absolute atomic E-state index is 0.628. The Morgan fingerprint density at radius 3 is 3.00 bits per heavy atom. The smallest absolute Gasteiger partial charge is 0.0410 e. The van der Waals surface area contributed by atoms with Gasteiger partial charge in [0, 0.05) is 22.5 Å². The summed E-state index contributed by atoms with van der Waals surface area (Å²) in [7, 11) is 0. The molecule has 0 bridgehead atoms. The summed E-state index contributed by atoms with van der Waals surface area (Å²) in [5.41, 5.74) is 2.46. The number of hydrogen-bond acceptors (Lipinski definition) is 2. The Bertz CT molecular complexity index is 334. The van der Waals surface area contributed by atoms with E-state index >= 15 is 0 Å². The van der Waals surface area contributed by atoms with Gasteiger partial charge in [0.05, 0.1) is 0 Å². The molecule has 15 heavy (non-hydrogen) atoms. The van der Waals surface area contributed by atoms with Crippen LogP contribution in [-0.2, 0) is 0 Å². The second-order valence-corrected chi connectivity index (χ2v) is 5.60. The van der Waals surface area contributed by atoms with Gasteiger partial charge in [-0.1, -0.05) is 11.6 Å². The molecule has 1 aliphatic heterocycles. The number of thioether (sulfide) groups is 1. The quantitative estimate of drug-likeness (QED) is 0.841. The Balaban J connectivity index is 2.03. The molecule has 1 unspecified atom stereocenters. The summed E-state index contributed by atoms with van der Waals surface area (Å²) in [6.07, 6.45) is 2.62. The Morgan fingerprint density at radius 1 is 1.47 bits per heavy atom. The van der Waals surface area contributed by atoms with Gasteiger partial charge >= 0.3 is 0 Å². The fourth-order valence-corrected chi connectivity index (χ4v) is 3.16. The first-order chi connectivity index (χ1) is 7.25. The van der Waals surface area contributed by atoms with Gasteiger partial charge < -0.3 is 5.32 Å². The first kappa shape index (κ1) is 11.2. The molecule has 1 fully saturated rings. The van der Waals surface area contributed by atoms with Crippen molar-refractivity contribution >= 4 is 29.1 Å². The van der Waals surface area contributed by atoms with Crippen molar-refractivity contribution in [3.05, 3.63) is 28.8 Å². The monoisotopic (exact) mass is 241 g/mol. The second kappa shape index (κ2) is 5.13. The van der Waals surface area contributed by atoms with E-state index in [9.17, 15) is 0 Å². The molecule has 82 valence electrons. The van der Waals surface area contributed by atoms with Gasteiger partial charge in [-0.25, -0.2) is 0 Å². The van der Waals surface area contributed by atoms with Crippen LogP contribution in [0.4, 0.5) is 5.69 Å². The number of aryl methyl sites for hydroxylation is 1. The highest BCUT2D eigenvalue weighted by molar-refractivity contribution is 7.99. The molecule has 0 saturated carbocycles. The zero-order valence-corrected chi connectivity index (χ0v) is 10.5. The molecule has 1 aromatic rings. The average molecular weight is 242 g/mol. The molecule has 1 aliphatic rings. The Morgan fingerprint density at radius 2 is 2.33 bits per heavy atom. The molecule has 1 atom stereocenters. The number of nitrogens with one attached hydrogen (secondary N) is 1. The molecule has 1 nitrogen and oxygen atoms in total. The molecule has 1 heterocycles. The van der Waals surface area contributed by atoms with Crippen molar-refractivity contribution in [2.45, 2.75) is 25.8 Å². The molecule has 0 amide bonds. The maximum Gasteiger partial charge on any atom is 0.0410 e. The first-order valence-corrected chi connectivity index (χ1v) is 6.89. The van der Waals surface area contributed by atoms with E-state index < -0.39 is 0 Å². The highest BCUT2D eigenvalue weighted by Gasteiger charge is 2.13. The standard InChI is InChI=1S/C12H16ClNS/c1-9-7-10(13)4-5-12(9)14-11-3-2-6-15-8-11/h4-5,7,11,14H,2-3,6,8H2,1H3. The molecule has 1 aromatic carbocycles. The van der Waals surface area contributed by atoms with Crippen molar-refractivity contribution in [3.63, 3.8) is 0 Å². The number of rotatable bonds is 2. The van der Waals surface area contributed by atoms with Crippen LogP contribution in [0, 0.1) is 6.92 Å². The molecule has 1 N–H and O–H groups in total. The van der Waals surface area contributed by atoms with Gasteiger partial charge in [0.2, 0.25) is 0 Å². The van der Waals surface area contributed by atoms with Crippen LogP contribution in [0.1, 0.15) is 18.4 Å². The third-order valence-corrected chi connectivity index (χ3v) is 4.16. The summed E-state index contributed by atoms with van der Waals surface area (Å²) >= 11 is 7.97. The van der Waals surface area contributed by atoms with E-state index in [2.05, 4.69) is 18.3 Å². The Kier molecular flexibility index (Phi) is 3.81. The predicted molar refractivity (Wildman–Crippen MR) is 70.2 cm³/mol. The number of halogens is 1. The van der Waals surface area contributed by atoms with Crippen LogP contribution in [0.5, 0.6) is 0 Å². The minimum Gasteiger partial charge on any atom is -0.381 e. The number of benzene rings is 1. The van der Waals surface area contributed by atoms with Gasteiger partial charge in [-0.3, -0.25) is 0 Å². The molecule has 0 aromatic heterocycles. The Labute approximate surface area is 101 Å². The number of anilines is 1. The molecular formula is C12H16ClNS. The van der Waals surface area contributed by atoms with E-state index in [1.54, 1.807) is 0 Å². The SMILES string of the molecule is Cc1cc(Cl)ccc1NC1CCCSC1. The van der Waals surface area contributed by atoms with Crippen LogP contribution in [0.25, 0.3) is 0 Å². The van der Waals surface area contributed by atoms with Gasteiger partial charge in [-0.05, 0) is 49.3 Å². The highest BCUT2D eigenvalue weighted by Crippen LogP contribution is 2.24. The maximum absolute atomic E-state index is 5.93. The predicted octanol–water partition coefficient (Wildman–Crippen LogP) is 3.96. The van der Waals surface area contributed by atoms with Crippen LogP contribution in [0.3, 0.4) is 0 Å². The third-order valence-electron chi connectivity index (χ3n) is 2.71. The maximum atomic E-state index is 5.93. The first-order valence-electron chi connectivity index (χ1n) is 5.36. The fourth-order valence-electron chi connectivity index (χ4n) is 1.86. The van der Waals surface area contributed by atoms with Crippen LogP contribution in [-0.4, -0.2) is 17.5 Å². The van der Waals surface area contributed by atoms with E-state index in [4.69, 9.17) is 11.6 Å². The third kappa shape index (κ3) is 3.05. The van der Waals surface area contributed by atoms with Crippen molar-refractivity contribution in [1.29, 1.82) is 0 Å². The van der Waals surface area contributed by atoms with E-state index in [0.29, 0.717) is 6.04 Å². The fraction of sp³-hybridized carbons (Fsp3) is 0.500. The van der Waals surface area contributed by atoms with E-state index in [0.717, 1.165) is 5.02 Å². The van der Waals surface area contributed by atoms with Crippen molar-refractivity contribution < 1.29 is 0 Å². The zero-order chi connectivity index (χ0) is 10.7. The topological polar surface area (TPSA) is 12.0 Å². The lowest BCUT2D eigenvalue weighted by molar-refractivity contribution is 0.684. The van der Waals surface area contributed by atoms with Crippen LogP contribution >= 0.6 is 23.4 Å². The van der Waals surface area contributed by atoms with Crippen molar-refractivity contribution in [2.24, 2.45) is 0 Å². The van der Waals surface area contributed by atoms with Crippen LogP contribution < -0.4 is 5.32 Å². The summed E-state index contributed by atoms with van der Waals surface area (Å²) < 4.78 is 0. The molecular weight excluding hydrogens is 226 g/mol. The lowest BCUT2D eigenvalue weighted by Gasteiger charge is -2.24. The summed E-state index contributed by atoms with van der Waals surface area (Å²) in [6.45, 7) is 2.10.